The molecule has 2 nitrogen and oxygen atoms in total. The van der Waals surface area contributed by atoms with Crippen molar-refractivity contribution in [2.24, 2.45) is 5.92 Å². The summed E-state index contributed by atoms with van der Waals surface area (Å²) in [5, 5.41) is 5.20. The van der Waals surface area contributed by atoms with E-state index in [2.05, 4.69) is 12.2 Å². The summed E-state index contributed by atoms with van der Waals surface area (Å²) in [7, 11) is 0. The number of hydrogen-bond acceptors (Lipinski definition) is 2. The van der Waals surface area contributed by atoms with Crippen LogP contribution in [-0.4, -0.2) is 25.8 Å². The van der Waals surface area contributed by atoms with Crippen molar-refractivity contribution in [3.63, 3.8) is 0 Å². The van der Waals surface area contributed by atoms with Crippen molar-refractivity contribution in [2.45, 2.75) is 38.6 Å². The normalized spacial score (nSPS) is 20.9. The van der Waals surface area contributed by atoms with Gasteiger partial charge in [-0.2, -0.15) is 0 Å². The summed E-state index contributed by atoms with van der Waals surface area (Å²) in [6.07, 6.45) is 4.42. The predicted octanol–water partition coefficient (Wildman–Crippen LogP) is 4.33. The van der Waals surface area contributed by atoms with Crippen LogP contribution < -0.4 is 5.32 Å². The first kappa shape index (κ1) is 16.1. The Bertz CT molecular complexity index is 419. The second-order valence-electron chi connectivity index (χ2n) is 5.48. The van der Waals surface area contributed by atoms with Gasteiger partial charge in [0.15, 0.2) is 0 Å². The largest absolute Gasteiger partial charge is 0.381 e. The SMILES string of the molecule is CCCNC(Cc1cc(Cl)ccc1Cl)C1CCCOC1. The van der Waals surface area contributed by atoms with Gasteiger partial charge in [-0.05, 0) is 61.9 Å². The Morgan fingerprint density at radius 3 is 2.95 bits per heavy atom. The van der Waals surface area contributed by atoms with Crippen LogP contribution in [0.2, 0.25) is 10.0 Å². The third kappa shape index (κ3) is 4.63. The number of rotatable bonds is 6. The van der Waals surface area contributed by atoms with Gasteiger partial charge in [0.2, 0.25) is 0 Å². The van der Waals surface area contributed by atoms with Crippen LogP contribution in [0.5, 0.6) is 0 Å². The summed E-state index contributed by atoms with van der Waals surface area (Å²) in [4.78, 5) is 0. The van der Waals surface area contributed by atoms with Gasteiger partial charge in [-0.25, -0.2) is 0 Å². The van der Waals surface area contributed by atoms with Crippen molar-refractivity contribution >= 4 is 23.2 Å². The zero-order chi connectivity index (χ0) is 14.4. The highest BCUT2D eigenvalue weighted by Gasteiger charge is 2.24. The molecular weight excluding hydrogens is 293 g/mol. The highest BCUT2D eigenvalue weighted by atomic mass is 35.5. The lowest BCUT2D eigenvalue weighted by Gasteiger charge is -2.31. The molecule has 1 saturated heterocycles. The topological polar surface area (TPSA) is 21.3 Å². The second-order valence-corrected chi connectivity index (χ2v) is 6.32. The van der Waals surface area contributed by atoms with Crippen LogP contribution >= 0.6 is 23.2 Å². The Kier molecular flexibility index (Phi) is 6.63. The van der Waals surface area contributed by atoms with Crippen LogP contribution in [0.1, 0.15) is 31.7 Å². The van der Waals surface area contributed by atoms with E-state index in [1.54, 1.807) is 0 Å². The van der Waals surface area contributed by atoms with Gasteiger partial charge in [-0.15, -0.1) is 0 Å². The molecule has 20 heavy (non-hydrogen) atoms. The monoisotopic (exact) mass is 315 g/mol. The van der Waals surface area contributed by atoms with Crippen molar-refractivity contribution in [3.05, 3.63) is 33.8 Å². The maximum Gasteiger partial charge on any atom is 0.0509 e. The highest BCUT2D eigenvalue weighted by molar-refractivity contribution is 6.33. The molecule has 0 bridgehead atoms. The predicted molar refractivity (Wildman–Crippen MR) is 85.8 cm³/mol. The molecule has 1 aliphatic rings. The third-order valence-corrected chi connectivity index (χ3v) is 4.47. The fourth-order valence-corrected chi connectivity index (χ4v) is 3.14. The smallest absolute Gasteiger partial charge is 0.0509 e. The summed E-state index contributed by atoms with van der Waals surface area (Å²) in [6.45, 7) is 4.96. The Morgan fingerprint density at radius 1 is 1.40 bits per heavy atom. The molecule has 2 unspecified atom stereocenters. The van der Waals surface area contributed by atoms with Crippen LogP contribution in [0, 0.1) is 5.92 Å². The molecule has 1 aromatic carbocycles. The van der Waals surface area contributed by atoms with Crippen LogP contribution in [0.3, 0.4) is 0 Å². The first-order valence-electron chi connectivity index (χ1n) is 7.45. The lowest BCUT2D eigenvalue weighted by Crippen LogP contribution is -2.42. The van der Waals surface area contributed by atoms with Crippen molar-refractivity contribution in [1.29, 1.82) is 0 Å². The quantitative estimate of drug-likeness (QED) is 0.843. The molecule has 0 spiro atoms. The molecule has 2 rings (SSSR count). The minimum absolute atomic E-state index is 0.409. The van der Waals surface area contributed by atoms with E-state index in [9.17, 15) is 0 Å². The Morgan fingerprint density at radius 2 is 2.25 bits per heavy atom. The summed E-state index contributed by atoms with van der Waals surface area (Å²) >= 11 is 12.4. The highest BCUT2D eigenvalue weighted by Crippen LogP contribution is 2.26. The Labute approximate surface area is 131 Å². The Hall–Kier alpha value is -0.280. The first-order chi connectivity index (χ1) is 9.70. The summed E-state index contributed by atoms with van der Waals surface area (Å²) < 4.78 is 5.64. The third-order valence-electron chi connectivity index (χ3n) is 3.87. The maximum absolute atomic E-state index is 6.30. The molecule has 0 saturated carbocycles. The molecule has 0 aromatic heterocycles. The van der Waals surface area contributed by atoms with Crippen LogP contribution in [-0.2, 0) is 11.2 Å². The molecule has 1 aliphatic heterocycles. The summed E-state index contributed by atoms with van der Waals surface area (Å²) in [5.41, 5.74) is 1.12. The van der Waals surface area contributed by atoms with E-state index in [1.807, 2.05) is 18.2 Å². The van der Waals surface area contributed by atoms with E-state index >= 15 is 0 Å². The molecule has 1 N–H and O–H groups in total. The lowest BCUT2D eigenvalue weighted by molar-refractivity contribution is 0.0393. The molecule has 4 heteroatoms. The minimum Gasteiger partial charge on any atom is -0.381 e. The number of nitrogens with one attached hydrogen (secondary N) is 1. The molecule has 1 fully saturated rings. The average Bonchev–Trinajstić information content (AvgIpc) is 2.48. The van der Waals surface area contributed by atoms with E-state index in [-0.39, 0.29) is 0 Å². The number of benzene rings is 1. The summed E-state index contributed by atoms with van der Waals surface area (Å²) in [6, 6.07) is 6.11. The molecule has 0 amide bonds. The van der Waals surface area contributed by atoms with Gasteiger partial charge in [0.1, 0.15) is 0 Å². The fraction of sp³-hybridized carbons (Fsp3) is 0.625. The standard InChI is InChI=1S/C16H23Cl2NO/c1-2-7-19-16(12-4-3-8-20-11-12)10-13-9-14(17)5-6-15(13)18/h5-6,9,12,16,19H,2-4,7-8,10-11H2,1H3. The van der Waals surface area contributed by atoms with Crippen molar-refractivity contribution in [3.8, 4) is 0 Å². The van der Waals surface area contributed by atoms with E-state index in [0.717, 1.165) is 54.6 Å². The Balaban J connectivity index is 2.07. The van der Waals surface area contributed by atoms with Crippen molar-refractivity contribution < 1.29 is 4.74 Å². The van der Waals surface area contributed by atoms with E-state index in [1.165, 1.54) is 6.42 Å². The number of ether oxygens (including phenoxy) is 1. The molecule has 0 radical (unpaired) electrons. The van der Waals surface area contributed by atoms with Crippen LogP contribution in [0.15, 0.2) is 18.2 Å². The second kappa shape index (κ2) is 8.23. The van der Waals surface area contributed by atoms with Crippen LogP contribution in [0.4, 0.5) is 0 Å². The van der Waals surface area contributed by atoms with Gasteiger partial charge in [0.05, 0.1) is 6.61 Å². The van der Waals surface area contributed by atoms with Crippen molar-refractivity contribution in [1.82, 2.24) is 5.32 Å². The van der Waals surface area contributed by atoms with Crippen molar-refractivity contribution in [2.75, 3.05) is 19.8 Å². The number of halogens is 2. The molecule has 1 aromatic rings. The maximum atomic E-state index is 6.30. The molecule has 112 valence electrons. The van der Waals surface area contributed by atoms with Crippen LogP contribution in [0.25, 0.3) is 0 Å². The van der Waals surface area contributed by atoms with E-state index in [4.69, 9.17) is 27.9 Å². The minimum atomic E-state index is 0.409. The van der Waals surface area contributed by atoms with Gasteiger partial charge in [-0.3, -0.25) is 0 Å². The number of hydrogen-bond donors (Lipinski definition) is 1. The fourth-order valence-electron chi connectivity index (χ4n) is 2.75. The van der Waals surface area contributed by atoms with Gasteiger partial charge in [-0.1, -0.05) is 30.1 Å². The lowest BCUT2D eigenvalue weighted by atomic mass is 9.89. The van der Waals surface area contributed by atoms with Gasteiger partial charge in [0, 0.05) is 22.7 Å². The van der Waals surface area contributed by atoms with E-state index in [0.29, 0.717) is 12.0 Å². The molecule has 2 atom stereocenters. The molecule has 0 aliphatic carbocycles. The molecule has 1 heterocycles. The van der Waals surface area contributed by atoms with Gasteiger partial charge >= 0.3 is 0 Å². The van der Waals surface area contributed by atoms with E-state index < -0.39 is 0 Å². The average molecular weight is 316 g/mol. The van der Waals surface area contributed by atoms with Gasteiger partial charge < -0.3 is 10.1 Å². The summed E-state index contributed by atoms with van der Waals surface area (Å²) in [5.74, 6) is 0.561. The first-order valence-corrected chi connectivity index (χ1v) is 8.21. The van der Waals surface area contributed by atoms with Gasteiger partial charge in [0.25, 0.3) is 0 Å². The zero-order valence-corrected chi connectivity index (χ0v) is 13.5. The molecular formula is C16H23Cl2NO. The zero-order valence-electron chi connectivity index (χ0n) is 12.0.